The number of aliphatic hydroxyl groups is 1. The maximum absolute atomic E-state index is 11.5. The molecule has 1 radical (unpaired) electrons. The molecule has 1 aromatic carbocycles. The van der Waals surface area contributed by atoms with Crippen molar-refractivity contribution in [3.8, 4) is 0 Å². The molecule has 0 fully saturated rings. The van der Waals surface area contributed by atoms with Gasteiger partial charge in [-0.15, -0.1) is 0 Å². The summed E-state index contributed by atoms with van der Waals surface area (Å²) in [5.74, 6) is -0.130. The van der Waals surface area contributed by atoms with Gasteiger partial charge in [0.25, 0.3) is 0 Å². The van der Waals surface area contributed by atoms with Crippen LogP contribution in [0.5, 0.6) is 0 Å². The summed E-state index contributed by atoms with van der Waals surface area (Å²) in [6, 6.07) is 7.96. The van der Waals surface area contributed by atoms with Gasteiger partial charge in [0.2, 0.25) is 10.0 Å². The van der Waals surface area contributed by atoms with E-state index in [1.54, 1.807) is 0 Å². The van der Waals surface area contributed by atoms with Crippen LogP contribution in [-0.4, -0.2) is 31.6 Å². The van der Waals surface area contributed by atoms with Gasteiger partial charge in [0.1, 0.15) is 18.9 Å². The third-order valence-electron chi connectivity index (χ3n) is 2.13. The van der Waals surface area contributed by atoms with Gasteiger partial charge in [0, 0.05) is 0 Å². The first kappa shape index (κ1) is 13.8. The van der Waals surface area contributed by atoms with Crippen molar-refractivity contribution >= 4 is 16.3 Å². The Kier molecular flexibility index (Phi) is 5.27. The molecule has 5 nitrogen and oxygen atoms in total. The number of rotatable bonds is 7. The Balaban J connectivity index is 2.53. The van der Waals surface area contributed by atoms with Gasteiger partial charge in [0.15, 0.2) is 0 Å². The molecule has 0 heterocycles. The molecule has 0 aliphatic rings. The average molecular weight is 256 g/mol. The van der Waals surface area contributed by atoms with Gasteiger partial charge < -0.3 is 9.90 Å². The van der Waals surface area contributed by atoms with Crippen LogP contribution < -0.4 is 4.72 Å². The van der Waals surface area contributed by atoms with Crippen LogP contribution in [0.4, 0.5) is 0 Å². The molecule has 93 valence electrons. The van der Waals surface area contributed by atoms with E-state index < -0.39 is 16.1 Å². The second kappa shape index (κ2) is 6.48. The molecule has 17 heavy (non-hydrogen) atoms. The number of nitrogens with one attached hydrogen (secondary N) is 1. The monoisotopic (exact) mass is 256 g/mol. The topological polar surface area (TPSA) is 83.5 Å². The number of aliphatic hydroxyl groups excluding tert-OH is 1. The minimum absolute atomic E-state index is 0.130. The van der Waals surface area contributed by atoms with E-state index in [1.807, 2.05) is 30.3 Å². The van der Waals surface area contributed by atoms with Crippen LogP contribution in [0.1, 0.15) is 5.56 Å². The zero-order valence-corrected chi connectivity index (χ0v) is 9.93. The molecule has 0 bridgehead atoms. The molecule has 0 saturated carbocycles. The van der Waals surface area contributed by atoms with Crippen molar-refractivity contribution < 1.29 is 18.3 Å². The largest absolute Gasteiger partial charge is 0.388 e. The maximum Gasteiger partial charge on any atom is 0.212 e. The van der Waals surface area contributed by atoms with Crippen LogP contribution in [-0.2, 0) is 21.2 Å². The first-order valence-corrected chi connectivity index (χ1v) is 6.69. The summed E-state index contributed by atoms with van der Waals surface area (Å²) in [6.45, 7) is 0.507. The predicted molar refractivity (Wildman–Crippen MR) is 63.2 cm³/mol. The van der Waals surface area contributed by atoms with Crippen LogP contribution in [0.15, 0.2) is 30.3 Å². The van der Waals surface area contributed by atoms with Crippen molar-refractivity contribution in [2.24, 2.45) is 0 Å². The predicted octanol–water partition coefficient (Wildman–Crippen LogP) is 0.250. The Labute approximate surface area is 101 Å². The Morgan fingerprint density at radius 1 is 1.29 bits per heavy atom. The minimum Gasteiger partial charge on any atom is -0.388 e. The Morgan fingerprint density at radius 3 is 2.47 bits per heavy atom. The van der Waals surface area contributed by atoms with Gasteiger partial charge >= 0.3 is 0 Å². The van der Waals surface area contributed by atoms with E-state index >= 15 is 0 Å². The fourth-order valence-electron chi connectivity index (χ4n) is 1.26. The van der Waals surface area contributed by atoms with Gasteiger partial charge in [-0.1, -0.05) is 30.3 Å². The number of sulfonamides is 1. The lowest BCUT2D eigenvalue weighted by Crippen LogP contribution is -2.38. The molecule has 0 saturated heterocycles. The van der Waals surface area contributed by atoms with Crippen LogP contribution in [0.3, 0.4) is 0 Å². The van der Waals surface area contributed by atoms with Gasteiger partial charge in [-0.3, -0.25) is 0 Å². The van der Waals surface area contributed by atoms with E-state index in [0.717, 1.165) is 5.56 Å². The fourth-order valence-corrected chi connectivity index (χ4v) is 2.41. The third kappa shape index (κ3) is 5.08. The highest BCUT2D eigenvalue weighted by Gasteiger charge is 2.16. The molecular formula is C11H14NO4S. The van der Waals surface area contributed by atoms with Crippen molar-refractivity contribution in [2.45, 2.75) is 12.5 Å². The molecule has 1 aromatic rings. The molecule has 0 aliphatic heterocycles. The first-order chi connectivity index (χ1) is 8.07. The summed E-state index contributed by atoms with van der Waals surface area (Å²) in [5.41, 5.74) is 0.897. The number of hydrogen-bond acceptors (Lipinski definition) is 4. The summed E-state index contributed by atoms with van der Waals surface area (Å²) in [4.78, 5) is 10.4. The average Bonchev–Trinajstić information content (AvgIpc) is 2.35. The Hall–Kier alpha value is -1.24. The smallest absolute Gasteiger partial charge is 0.212 e. The molecule has 0 spiro atoms. The summed E-state index contributed by atoms with van der Waals surface area (Å²) in [6.07, 6.45) is 0.674. The summed E-state index contributed by atoms with van der Waals surface area (Å²) in [7, 11) is -3.58. The normalized spacial score (nSPS) is 13.2. The van der Waals surface area contributed by atoms with Crippen LogP contribution in [0.2, 0.25) is 0 Å². The molecule has 1 rings (SSSR count). The lowest BCUT2D eigenvalue weighted by molar-refractivity contribution is -0.109. The van der Waals surface area contributed by atoms with Crippen LogP contribution in [0.25, 0.3) is 0 Å². The Bertz CT molecular complexity index is 444. The van der Waals surface area contributed by atoms with Gasteiger partial charge in [-0.25, -0.2) is 13.1 Å². The maximum atomic E-state index is 11.5. The molecule has 2 N–H and O–H groups in total. The highest BCUT2D eigenvalue weighted by atomic mass is 32.2. The summed E-state index contributed by atoms with van der Waals surface area (Å²) < 4.78 is 25.1. The highest BCUT2D eigenvalue weighted by Crippen LogP contribution is 2.01. The van der Waals surface area contributed by atoms with Crippen molar-refractivity contribution in [3.05, 3.63) is 42.5 Å². The first-order valence-electron chi connectivity index (χ1n) is 5.04. The van der Waals surface area contributed by atoms with Gasteiger partial charge in [-0.05, 0) is 12.0 Å². The van der Waals surface area contributed by atoms with E-state index in [2.05, 4.69) is 4.72 Å². The SMILES string of the molecule is O=C[C@@H]([CH]O)NS(=O)(=O)CCc1ccccc1. The number of aldehydes is 1. The number of benzene rings is 1. The number of carbonyl (C=O) groups excluding carboxylic acids is 1. The Morgan fingerprint density at radius 2 is 1.94 bits per heavy atom. The lowest BCUT2D eigenvalue weighted by Gasteiger charge is -2.09. The van der Waals surface area contributed by atoms with Crippen LogP contribution in [0, 0.1) is 6.61 Å². The second-order valence-corrected chi connectivity index (χ2v) is 5.36. The fraction of sp³-hybridized carbons (Fsp3) is 0.273. The standard InChI is InChI=1S/C11H14NO4S/c13-8-11(9-14)12-17(15,16)7-6-10-4-2-1-3-5-10/h1-5,8-9,11-13H,6-7H2/t11-/m1/s1. The molecule has 0 unspecified atom stereocenters. The van der Waals surface area contributed by atoms with Crippen molar-refractivity contribution in [2.75, 3.05) is 5.75 Å². The van der Waals surface area contributed by atoms with Crippen LogP contribution >= 0.6 is 0 Å². The van der Waals surface area contributed by atoms with Crippen molar-refractivity contribution in [1.29, 1.82) is 0 Å². The van der Waals surface area contributed by atoms with E-state index in [4.69, 9.17) is 5.11 Å². The number of hydrogen-bond donors (Lipinski definition) is 2. The highest BCUT2D eigenvalue weighted by molar-refractivity contribution is 7.89. The molecule has 0 aromatic heterocycles. The minimum atomic E-state index is -3.58. The zero-order chi connectivity index (χ0) is 12.7. The summed E-state index contributed by atoms with van der Waals surface area (Å²) >= 11 is 0. The second-order valence-electron chi connectivity index (χ2n) is 3.48. The molecule has 6 heteroatoms. The van der Waals surface area contributed by atoms with Crippen molar-refractivity contribution in [1.82, 2.24) is 4.72 Å². The summed E-state index contributed by atoms with van der Waals surface area (Å²) in [5, 5.41) is 8.59. The van der Waals surface area contributed by atoms with Gasteiger partial charge in [-0.2, -0.15) is 0 Å². The van der Waals surface area contributed by atoms with E-state index in [1.165, 1.54) is 0 Å². The van der Waals surface area contributed by atoms with E-state index in [9.17, 15) is 13.2 Å². The number of carbonyl (C=O) groups is 1. The van der Waals surface area contributed by atoms with E-state index in [0.29, 0.717) is 19.3 Å². The molecule has 0 amide bonds. The number of aryl methyl sites for hydroxylation is 1. The van der Waals surface area contributed by atoms with E-state index in [-0.39, 0.29) is 5.75 Å². The molecule has 0 aliphatic carbocycles. The van der Waals surface area contributed by atoms with Crippen molar-refractivity contribution in [3.63, 3.8) is 0 Å². The molecular weight excluding hydrogens is 242 g/mol. The zero-order valence-electron chi connectivity index (χ0n) is 9.11. The quantitative estimate of drug-likeness (QED) is 0.685. The lowest BCUT2D eigenvalue weighted by atomic mass is 10.2. The van der Waals surface area contributed by atoms with Gasteiger partial charge in [0.05, 0.1) is 5.75 Å². The molecule has 1 atom stereocenters. The third-order valence-corrected chi connectivity index (χ3v) is 3.50.